The van der Waals surface area contributed by atoms with E-state index in [0.717, 1.165) is 12.8 Å². The maximum Gasteiger partial charge on any atom is 0.338 e. The molecule has 0 radical (unpaired) electrons. The molecule has 2 rings (SSSR count). The van der Waals surface area contributed by atoms with E-state index in [1.807, 2.05) is 0 Å². The zero-order valence-electron chi connectivity index (χ0n) is 9.69. The van der Waals surface area contributed by atoms with Crippen LogP contribution in [0, 0.1) is 5.92 Å². The van der Waals surface area contributed by atoms with Crippen molar-refractivity contribution in [1.29, 1.82) is 0 Å². The summed E-state index contributed by atoms with van der Waals surface area (Å²) < 4.78 is 5.22. The summed E-state index contributed by atoms with van der Waals surface area (Å²) in [7, 11) is 0. The molecule has 0 spiro atoms. The van der Waals surface area contributed by atoms with Gasteiger partial charge in [-0.15, -0.1) is 0 Å². The first-order valence-electron chi connectivity index (χ1n) is 5.92. The number of nitrogens with two attached hydrogens (primary N) is 1. The van der Waals surface area contributed by atoms with Crippen LogP contribution in [0.15, 0.2) is 18.2 Å². The van der Waals surface area contributed by atoms with Crippen molar-refractivity contribution < 1.29 is 14.6 Å². The quantitative estimate of drug-likeness (QED) is 0.479. The fourth-order valence-electron chi connectivity index (χ4n) is 2.12. The Morgan fingerprint density at radius 1 is 1.41 bits per heavy atom. The van der Waals surface area contributed by atoms with E-state index in [4.69, 9.17) is 10.5 Å². The lowest BCUT2D eigenvalue weighted by Gasteiger charge is -2.10. The van der Waals surface area contributed by atoms with Gasteiger partial charge in [-0.25, -0.2) is 4.79 Å². The van der Waals surface area contributed by atoms with Gasteiger partial charge < -0.3 is 15.6 Å². The topological polar surface area (TPSA) is 72.6 Å². The molecule has 0 bridgehead atoms. The zero-order chi connectivity index (χ0) is 12.3. The molecule has 0 heterocycles. The number of phenols is 1. The predicted molar refractivity (Wildman–Crippen MR) is 64.8 cm³/mol. The maximum atomic E-state index is 11.7. The van der Waals surface area contributed by atoms with E-state index in [9.17, 15) is 9.90 Å². The van der Waals surface area contributed by atoms with E-state index in [-0.39, 0.29) is 11.4 Å². The second-order valence-corrected chi connectivity index (χ2v) is 4.52. The number of aromatic hydroxyl groups is 1. The van der Waals surface area contributed by atoms with Crippen LogP contribution in [0.1, 0.15) is 36.0 Å². The van der Waals surface area contributed by atoms with Gasteiger partial charge in [-0.3, -0.25) is 0 Å². The van der Waals surface area contributed by atoms with Crippen LogP contribution in [0.4, 0.5) is 5.69 Å². The molecule has 0 aliphatic heterocycles. The van der Waals surface area contributed by atoms with Gasteiger partial charge in [0, 0.05) is 0 Å². The minimum atomic E-state index is -0.396. The number of esters is 1. The van der Waals surface area contributed by atoms with Crippen LogP contribution in [-0.4, -0.2) is 17.7 Å². The van der Waals surface area contributed by atoms with Crippen LogP contribution < -0.4 is 5.73 Å². The molecule has 0 amide bonds. The lowest BCUT2D eigenvalue weighted by Crippen LogP contribution is -2.12. The van der Waals surface area contributed by atoms with Crippen molar-refractivity contribution in [2.45, 2.75) is 25.7 Å². The van der Waals surface area contributed by atoms with Crippen molar-refractivity contribution in [1.82, 2.24) is 0 Å². The first kappa shape index (κ1) is 11.8. The van der Waals surface area contributed by atoms with Gasteiger partial charge in [-0.1, -0.05) is 12.8 Å². The van der Waals surface area contributed by atoms with Crippen molar-refractivity contribution >= 4 is 11.7 Å². The third-order valence-corrected chi connectivity index (χ3v) is 3.19. The summed E-state index contributed by atoms with van der Waals surface area (Å²) in [5.74, 6) is 0.0221. The monoisotopic (exact) mass is 235 g/mol. The Hall–Kier alpha value is -1.71. The summed E-state index contributed by atoms with van der Waals surface area (Å²) in [5, 5.41) is 9.40. The second kappa shape index (κ2) is 5.08. The lowest BCUT2D eigenvalue weighted by atomic mass is 10.1. The molecule has 1 fully saturated rings. The Balaban J connectivity index is 1.92. The van der Waals surface area contributed by atoms with E-state index < -0.39 is 5.97 Å². The number of rotatable bonds is 3. The molecule has 17 heavy (non-hydrogen) atoms. The number of hydrogen-bond donors (Lipinski definition) is 2. The highest BCUT2D eigenvalue weighted by Crippen LogP contribution is 2.25. The maximum absolute atomic E-state index is 11.7. The molecule has 1 aromatic carbocycles. The summed E-state index contributed by atoms with van der Waals surface area (Å²) in [5.41, 5.74) is 6.06. The minimum Gasteiger partial charge on any atom is -0.506 e. The van der Waals surface area contributed by atoms with Gasteiger partial charge >= 0.3 is 5.97 Å². The van der Waals surface area contributed by atoms with E-state index in [1.165, 1.54) is 25.0 Å². The highest BCUT2D eigenvalue weighted by molar-refractivity contribution is 5.90. The first-order chi connectivity index (χ1) is 8.16. The molecule has 1 aliphatic rings. The molecule has 4 heteroatoms. The summed E-state index contributed by atoms with van der Waals surface area (Å²) in [4.78, 5) is 11.7. The Bertz CT molecular complexity index is 411. The van der Waals surface area contributed by atoms with E-state index >= 15 is 0 Å². The van der Waals surface area contributed by atoms with Crippen LogP contribution in [0.5, 0.6) is 5.75 Å². The molecule has 0 saturated heterocycles. The van der Waals surface area contributed by atoms with Crippen molar-refractivity contribution in [3.63, 3.8) is 0 Å². The van der Waals surface area contributed by atoms with Crippen LogP contribution in [-0.2, 0) is 4.74 Å². The summed E-state index contributed by atoms with van der Waals surface area (Å²) in [6.07, 6.45) is 4.73. The molecule has 0 aromatic heterocycles. The van der Waals surface area contributed by atoms with E-state index in [1.54, 1.807) is 6.07 Å². The van der Waals surface area contributed by atoms with E-state index in [2.05, 4.69) is 0 Å². The number of benzene rings is 1. The third-order valence-electron chi connectivity index (χ3n) is 3.19. The molecule has 1 aliphatic carbocycles. The third kappa shape index (κ3) is 2.90. The van der Waals surface area contributed by atoms with Gasteiger partial charge in [0.25, 0.3) is 0 Å². The number of nitrogen functional groups attached to an aromatic ring is 1. The zero-order valence-corrected chi connectivity index (χ0v) is 9.69. The van der Waals surface area contributed by atoms with Gasteiger partial charge in [0.2, 0.25) is 0 Å². The predicted octanol–water partition coefficient (Wildman–Crippen LogP) is 2.32. The lowest BCUT2D eigenvalue weighted by molar-refractivity contribution is 0.0442. The average Bonchev–Trinajstić information content (AvgIpc) is 2.82. The van der Waals surface area contributed by atoms with Crippen molar-refractivity contribution in [2.24, 2.45) is 5.92 Å². The van der Waals surface area contributed by atoms with Crippen LogP contribution in [0.2, 0.25) is 0 Å². The van der Waals surface area contributed by atoms with Crippen LogP contribution in [0.3, 0.4) is 0 Å². The van der Waals surface area contributed by atoms with Gasteiger partial charge in [-0.05, 0) is 37.0 Å². The number of ether oxygens (including phenoxy) is 1. The Labute approximate surface area is 100 Å². The second-order valence-electron chi connectivity index (χ2n) is 4.52. The largest absolute Gasteiger partial charge is 0.506 e. The molecule has 1 aromatic rings. The molecule has 4 nitrogen and oxygen atoms in total. The van der Waals surface area contributed by atoms with Crippen molar-refractivity contribution in [3.8, 4) is 5.75 Å². The van der Waals surface area contributed by atoms with Gasteiger partial charge in [0.15, 0.2) is 0 Å². The highest BCUT2D eigenvalue weighted by atomic mass is 16.5. The Morgan fingerprint density at radius 3 is 2.76 bits per heavy atom. The molecule has 3 N–H and O–H groups in total. The summed E-state index contributed by atoms with van der Waals surface area (Å²) in [6, 6.07) is 4.40. The average molecular weight is 235 g/mol. The fraction of sp³-hybridized carbons (Fsp3) is 0.462. The standard InChI is InChI=1S/C13H17NO3/c14-11-6-5-10(7-12(11)15)13(16)17-8-9-3-1-2-4-9/h5-7,9,15H,1-4,8,14H2. The first-order valence-corrected chi connectivity index (χ1v) is 5.92. The summed E-state index contributed by atoms with van der Waals surface area (Å²) in [6.45, 7) is 0.476. The summed E-state index contributed by atoms with van der Waals surface area (Å²) >= 11 is 0. The fourth-order valence-corrected chi connectivity index (χ4v) is 2.12. The van der Waals surface area contributed by atoms with E-state index in [0.29, 0.717) is 18.1 Å². The number of carbonyl (C=O) groups is 1. The molecule has 0 unspecified atom stereocenters. The highest BCUT2D eigenvalue weighted by Gasteiger charge is 2.17. The van der Waals surface area contributed by atoms with Crippen LogP contribution >= 0.6 is 0 Å². The number of carbonyl (C=O) groups excluding carboxylic acids is 1. The minimum absolute atomic E-state index is 0.0830. The smallest absolute Gasteiger partial charge is 0.338 e. The molecule has 92 valence electrons. The molecule has 1 saturated carbocycles. The number of phenolic OH excluding ortho intramolecular Hbond substituents is 1. The number of anilines is 1. The van der Waals surface area contributed by atoms with Crippen LogP contribution in [0.25, 0.3) is 0 Å². The molecule has 0 atom stereocenters. The Morgan fingerprint density at radius 2 is 2.12 bits per heavy atom. The van der Waals surface area contributed by atoms with Crippen molar-refractivity contribution in [2.75, 3.05) is 12.3 Å². The SMILES string of the molecule is Nc1ccc(C(=O)OCC2CCCC2)cc1O. The number of hydrogen-bond acceptors (Lipinski definition) is 4. The Kier molecular flexibility index (Phi) is 3.52. The molecular weight excluding hydrogens is 218 g/mol. The van der Waals surface area contributed by atoms with Gasteiger partial charge in [-0.2, -0.15) is 0 Å². The van der Waals surface area contributed by atoms with Gasteiger partial charge in [0.1, 0.15) is 5.75 Å². The normalized spacial score (nSPS) is 16.0. The molecular formula is C13H17NO3. The van der Waals surface area contributed by atoms with Gasteiger partial charge in [0.05, 0.1) is 17.9 Å². The van der Waals surface area contributed by atoms with Crippen molar-refractivity contribution in [3.05, 3.63) is 23.8 Å².